The minimum atomic E-state index is 0.341. The van der Waals surface area contributed by atoms with Crippen LogP contribution >= 0.6 is 0 Å². The monoisotopic (exact) mass is 322 g/mol. The van der Waals surface area contributed by atoms with Crippen molar-refractivity contribution in [1.82, 2.24) is 25.1 Å². The third-order valence-corrected chi connectivity index (χ3v) is 4.01. The molecule has 1 aromatic heterocycles. The molecule has 124 valence electrons. The summed E-state index contributed by atoms with van der Waals surface area (Å²) in [5.74, 6) is 0.654. The van der Waals surface area contributed by atoms with Crippen molar-refractivity contribution in [3.63, 3.8) is 0 Å². The molecule has 1 N–H and O–H groups in total. The summed E-state index contributed by atoms with van der Waals surface area (Å²) in [6, 6.07) is 20.7. The van der Waals surface area contributed by atoms with Crippen molar-refractivity contribution < 1.29 is 0 Å². The molecule has 0 spiro atoms. The van der Waals surface area contributed by atoms with E-state index in [4.69, 9.17) is 0 Å². The molecule has 0 unspecified atom stereocenters. The predicted molar refractivity (Wildman–Crippen MR) is 95.3 cm³/mol. The van der Waals surface area contributed by atoms with Gasteiger partial charge in [0, 0.05) is 12.6 Å². The van der Waals surface area contributed by atoms with E-state index in [2.05, 4.69) is 64.1 Å². The number of benzene rings is 2. The molecular formula is C18H22N6. The van der Waals surface area contributed by atoms with E-state index in [-0.39, 0.29) is 0 Å². The Morgan fingerprint density at radius 2 is 1.67 bits per heavy atom. The highest BCUT2D eigenvalue weighted by Crippen LogP contribution is 2.12. The molecule has 1 heterocycles. The van der Waals surface area contributed by atoms with E-state index in [1.165, 1.54) is 5.56 Å². The lowest BCUT2D eigenvalue weighted by atomic mass is 10.1. The zero-order chi connectivity index (χ0) is 16.8. The van der Waals surface area contributed by atoms with Gasteiger partial charge < -0.3 is 10.2 Å². The summed E-state index contributed by atoms with van der Waals surface area (Å²) in [5.41, 5.74) is 2.26. The summed E-state index contributed by atoms with van der Waals surface area (Å²) < 4.78 is 1.72. The molecule has 0 fully saturated rings. The fourth-order valence-corrected chi connectivity index (χ4v) is 2.57. The SMILES string of the molecule is CN(C)[C@H](CNc1nnnn1-c1ccccc1)Cc1ccccc1. The molecule has 6 heteroatoms. The van der Waals surface area contributed by atoms with Crippen LogP contribution in [-0.2, 0) is 6.42 Å². The Morgan fingerprint density at radius 1 is 1.00 bits per heavy atom. The third kappa shape index (κ3) is 3.97. The Labute approximate surface area is 142 Å². The van der Waals surface area contributed by atoms with Crippen LogP contribution in [0.4, 0.5) is 5.95 Å². The highest BCUT2D eigenvalue weighted by atomic mass is 15.6. The second-order valence-corrected chi connectivity index (χ2v) is 5.94. The highest BCUT2D eigenvalue weighted by molar-refractivity contribution is 5.38. The van der Waals surface area contributed by atoms with Crippen LogP contribution in [0.15, 0.2) is 60.7 Å². The maximum Gasteiger partial charge on any atom is 0.247 e. The van der Waals surface area contributed by atoms with Gasteiger partial charge in [0.15, 0.2) is 0 Å². The molecule has 6 nitrogen and oxygen atoms in total. The molecule has 3 aromatic rings. The van der Waals surface area contributed by atoms with Crippen molar-refractivity contribution in [2.24, 2.45) is 0 Å². The van der Waals surface area contributed by atoms with Crippen molar-refractivity contribution in [2.45, 2.75) is 12.5 Å². The highest BCUT2D eigenvalue weighted by Gasteiger charge is 2.14. The van der Waals surface area contributed by atoms with Gasteiger partial charge in [-0.1, -0.05) is 53.6 Å². The van der Waals surface area contributed by atoms with E-state index < -0.39 is 0 Å². The standard InChI is InChI=1S/C18H22N6/c1-23(2)17(13-15-9-5-3-6-10-15)14-19-18-20-21-22-24(18)16-11-7-4-8-12-16/h3-12,17H,13-14H2,1-2H3,(H,19,20,22)/t17-/m0/s1. The zero-order valence-corrected chi connectivity index (χ0v) is 14.0. The minimum Gasteiger partial charge on any atom is -0.351 e. The second kappa shape index (κ2) is 7.70. The van der Waals surface area contributed by atoms with Crippen molar-refractivity contribution >= 4 is 5.95 Å². The van der Waals surface area contributed by atoms with Gasteiger partial charge in [-0.3, -0.25) is 0 Å². The predicted octanol–water partition coefficient (Wildman–Crippen LogP) is 2.25. The number of tetrazole rings is 1. The van der Waals surface area contributed by atoms with Crippen molar-refractivity contribution in [1.29, 1.82) is 0 Å². The first-order valence-corrected chi connectivity index (χ1v) is 8.02. The van der Waals surface area contributed by atoms with E-state index in [1.54, 1.807) is 4.68 Å². The normalized spacial score (nSPS) is 12.3. The maximum absolute atomic E-state index is 4.10. The van der Waals surface area contributed by atoms with Gasteiger partial charge in [0.25, 0.3) is 0 Å². The summed E-state index contributed by atoms with van der Waals surface area (Å²) >= 11 is 0. The van der Waals surface area contributed by atoms with Gasteiger partial charge in [0.2, 0.25) is 5.95 Å². The van der Waals surface area contributed by atoms with Crippen LogP contribution < -0.4 is 5.32 Å². The van der Waals surface area contributed by atoms with Crippen LogP contribution in [0, 0.1) is 0 Å². The Morgan fingerprint density at radius 3 is 2.33 bits per heavy atom. The fraction of sp³-hybridized carbons (Fsp3) is 0.278. The van der Waals surface area contributed by atoms with Gasteiger partial charge in [0.1, 0.15) is 0 Å². The number of nitrogens with one attached hydrogen (secondary N) is 1. The van der Waals surface area contributed by atoms with Crippen LogP contribution in [0.3, 0.4) is 0 Å². The molecule has 3 rings (SSSR count). The number of anilines is 1. The summed E-state index contributed by atoms with van der Waals surface area (Å²) in [7, 11) is 4.19. The Kier molecular flexibility index (Phi) is 5.18. The summed E-state index contributed by atoms with van der Waals surface area (Å²) in [4.78, 5) is 2.22. The van der Waals surface area contributed by atoms with Crippen LogP contribution in [0.2, 0.25) is 0 Å². The van der Waals surface area contributed by atoms with Crippen LogP contribution in [0.5, 0.6) is 0 Å². The quantitative estimate of drug-likeness (QED) is 0.723. The topological polar surface area (TPSA) is 58.9 Å². The smallest absolute Gasteiger partial charge is 0.247 e. The molecule has 2 aromatic carbocycles. The Hall–Kier alpha value is -2.73. The Balaban J connectivity index is 1.69. The van der Waals surface area contributed by atoms with E-state index >= 15 is 0 Å². The van der Waals surface area contributed by atoms with Crippen LogP contribution in [0.25, 0.3) is 5.69 Å². The lowest BCUT2D eigenvalue weighted by Gasteiger charge is -2.24. The van der Waals surface area contributed by atoms with E-state index in [0.29, 0.717) is 12.0 Å². The summed E-state index contributed by atoms with van der Waals surface area (Å²) in [6.07, 6.45) is 0.966. The summed E-state index contributed by atoms with van der Waals surface area (Å²) in [5, 5.41) is 15.3. The number of para-hydroxylation sites is 1. The molecule has 0 saturated heterocycles. The second-order valence-electron chi connectivity index (χ2n) is 5.94. The molecule has 0 radical (unpaired) electrons. The molecular weight excluding hydrogens is 300 g/mol. The number of hydrogen-bond acceptors (Lipinski definition) is 5. The number of hydrogen-bond donors (Lipinski definition) is 1. The molecule has 0 aliphatic heterocycles. The molecule has 1 atom stereocenters. The fourth-order valence-electron chi connectivity index (χ4n) is 2.57. The zero-order valence-electron chi connectivity index (χ0n) is 14.0. The average Bonchev–Trinajstić information content (AvgIpc) is 3.08. The van der Waals surface area contributed by atoms with Gasteiger partial charge >= 0.3 is 0 Å². The van der Waals surface area contributed by atoms with Crippen LogP contribution in [0.1, 0.15) is 5.56 Å². The molecule has 0 aliphatic rings. The van der Waals surface area contributed by atoms with E-state index in [9.17, 15) is 0 Å². The van der Waals surface area contributed by atoms with E-state index in [0.717, 1.165) is 18.7 Å². The van der Waals surface area contributed by atoms with E-state index in [1.807, 2.05) is 36.4 Å². The molecule has 24 heavy (non-hydrogen) atoms. The number of rotatable bonds is 7. The largest absolute Gasteiger partial charge is 0.351 e. The van der Waals surface area contributed by atoms with Gasteiger partial charge in [-0.25, -0.2) is 0 Å². The third-order valence-electron chi connectivity index (χ3n) is 4.01. The first-order chi connectivity index (χ1) is 11.7. The lowest BCUT2D eigenvalue weighted by molar-refractivity contribution is 0.303. The lowest BCUT2D eigenvalue weighted by Crippen LogP contribution is -2.36. The Bertz CT molecular complexity index is 738. The molecule has 0 aliphatic carbocycles. The maximum atomic E-state index is 4.10. The van der Waals surface area contributed by atoms with Crippen molar-refractivity contribution in [3.8, 4) is 5.69 Å². The number of nitrogens with zero attached hydrogens (tertiary/aromatic N) is 5. The van der Waals surface area contributed by atoms with Crippen molar-refractivity contribution in [2.75, 3.05) is 26.0 Å². The first kappa shape index (κ1) is 16.1. The van der Waals surface area contributed by atoms with Gasteiger partial charge in [0.05, 0.1) is 5.69 Å². The summed E-state index contributed by atoms with van der Waals surface area (Å²) in [6.45, 7) is 0.759. The number of aromatic nitrogens is 4. The average molecular weight is 322 g/mol. The van der Waals surface area contributed by atoms with Crippen molar-refractivity contribution in [3.05, 3.63) is 66.2 Å². The molecule has 0 saturated carbocycles. The number of likely N-dealkylation sites (N-methyl/N-ethyl adjacent to an activating group) is 1. The molecule has 0 amide bonds. The first-order valence-electron chi connectivity index (χ1n) is 8.02. The minimum absolute atomic E-state index is 0.341. The van der Waals surface area contributed by atoms with Gasteiger partial charge in [-0.05, 0) is 48.6 Å². The molecule has 0 bridgehead atoms. The van der Waals surface area contributed by atoms with Gasteiger partial charge in [-0.2, -0.15) is 4.68 Å². The van der Waals surface area contributed by atoms with Crippen LogP contribution in [-0.4, -0.2) is 51.8 Å². The van der Waals surface area contributed by atoms with Gasteiger partial charge in [-0.15, -0.1) is 0 Å².